The molecule has 0 aliphatic heterocycles. The summed E-state index contributed by atoms with van der Waals surface area (Å²) in [7, 11) is 0. The highest BCUT2D eigenvalue weighted by atomic mass is 19.4. The molecule has 5 nitrogen and oxygen atoms in total. The SMILES string of the molecule is CC(NC(=O)c1ccccc1)C(=O)Nc1ccc(OC(F)(F)F)cc1. The lowest BCUT2D eigenvalue weighted by Gasteiger charge is -2.14. The molecular weight excluding hydrogens is 337 g/mol. The number of alkyl halides is 3. The van der Waals surface area contributed by atoms with Crippen molar-refractivity contribution in [3.05, 3.63) is 60.2 Å². The van der Waals surface area contributed by atoms with Crippen molar-refractivity contribution >= 4 is 17.5 Å². The van der Waals surface area contributed by atoms with Crippen molar-refractivity contribution in [2.45, 2.75) is 19.3 Å². The number of carbonyl (C=O) groups excluding carboxylic acids is 2. The van der Waals surface area contributed by atoms with E-state index in [1.165, 1.54) is 19.1 Å². The van der Waals surface area contributed by atoms with Crippen LogP contribution in [-0.4, -0.2) is 24.2 Å². The van der Waals surface area contributed by atoms with E-state index in [0.717, 1.165) is 12.1 Å². The van der Waals surface area contributed by atoms with Gasteiger partial charge in [0.15, 0.2) is 0 Å². The number of halogens is 3. The van der Waals surface area contributed by atoms with Gasteiger partial charge in [0.25, 0.3) is 5.91 Å². The molecule has 0 bridgehead atoms. The molecule has 0 saturated carbocycles. The number of hydrogen-bond donors (Lipinski definition) is 2. The van der Waals surface area contributed by atoms with E-state index in [4.69, 9.17) is 0 Å². The maximum atomic E-state index is 12.1. The van der Waals surface area contributed by atoms with E-state index in [9.17, 15) is 22.8 Å². The first-order chi connectivity index (χ1) is 11.7. The summed E-state index contributed by atoms with van der Waals surface area (Å²) < 4.78 is 40.0. The van der Waals surface area contributed by atoms with Gasteiger partial charge >= 0.3 is 6.36 Å². The average Bonchev–Trinajstić information content (AvgIpc) is 2.56. The van der Waals surface area contributed by atoms with Crippen LogP contribution >= 0.6 is 0 Å². The van der Waals surface area contributed by atoms with E-state index in [1.807, 2.05) is 0 Å². The highest BCUT2D eigenvalue weighted by Crippen LogP contribution is 2.23. The van der Waals surface area contributed by atoms with Crippen LogP contribution in [0.3, 0.4) is 0 Å². The maximum Gasteiger partial charge on any atom is 0.573 e. The first-order valence-electron chi connectivity index (χ1n) is 7.27. The highest BCUT2D eigenvalue weighted by molar-refractivity contribution is 6.00. The van der Waals surface area contributed by atoms with Gasteiger partial charge in [0, 0.05) is 11.3 Å². The molecule has 1 unspecified atom stereocenters. The Morgan fingerprint density at radius 2 is 1.60 bits per heavy atom. The summed E-state index contributed by atoms with van der Waals surface area (Å²) in [6.07, 6.45) is -4.78. The number of benzene rings is 2. The van der Waals surface area contributed by atoms with Gasteiger partial charge in [-0.15, -0.1) is 13.2 Å². The molecule has 0 radical (unpaired) electrons. The molecule has 8 heteroatoms. The molecule has 0 fully saturated rings. The zero-order valence-electron chi connectivity index (χ0n) is 13.1. The lowest BCUT2D eigenvalue weighted by atomic mass is 10.2. The first kappa shape index (κ1) is 18.3. The van der Waals surface area contributed by atoms with Crippen LogP contribution < -0.4 is 15.4 Å². The number of hydrogen-bond acceptors (Lipinski definition) is 3. The molecule has 0 heterocycles. The zero-order chi connectivity index (χ0) is 18.4. The first-order valence-corrected chi connectivity index (χ1v) is 7.27. The average molecular weight is 352 g/mol. The van der Waals surface area contributed by atoms with Crippen molar-refractivity contribution in [2.75, 3.05) is 5.32 Å². The van der Waals surface area contributed by atoms with Crippen LogP contribution in [0.5, 0.6) is 5.75 Å². The van der Waals surface area contributed by atoms with Crippen molar-refractivity contribution in [2.24, 2.45) is 0 Å². The predicted octanol–water partition coefficient (Wildman–Crippen LogP) is 3.34. The van der Waals surface area contributed by atoms with Gasteiger partial charge in [0.1, 0.15) is 11.8 Å². The second-order valence-electron chi connectivity index (χ2n) is 5.12. The molecule has 0 aliphatic carbocycles. The normalized spacial score (nSPS) is 12.2. The summed E-state index contributed by atoms with van der Waals surface area (Å²) in [5.41, 5.74) is 0.691. The van der Waals surface area contributed by atoms with Gasteiger partial charge in [-0.1, -0.05) is 18.2 Å². The van der Waals surface area contributed by atoms with Gasteiger partial charge in [0.05, 0.1) is 0 Å². The monoisotopic (exact) mass is 352 g/mol. The third kappa shape index (κ3) is 5.83. The summed E-state index contributed by atoms with van der Waals surface area (Å²) in [5.74, 6) is -1.30. The molecule has 2 rings (SSSR count). The predicted molar refractivity (Wildman–Crippen MR) is 85.1 cm³/mol. The second kappa shape index (κ2) is 7.69. The van der Waals surface area contributed by atoms with Crippen molar-refractivity contribution in [1.82, 2.24) is 5.32 Å². The van der Waals surface area contributed by atoms with Gasteiger partial charge in [-0.05, 0) is 43.3 Å². The van der Waals surface area contributed by atoms with Crippen LogP contribution in [0.25, 0.3) is 0 Å². The molecule has 2 aromatic carbocycles. The summed E-state index contributed by atoms with van der Waals surface area (Å²) in [6, 6.07) is 12.2. The van der Waals surface area contributed by atoms with Crippen molar-refractivity contribution in [3.8, 4) is 5.75 Å². The Bertz CT molecular complexity index is 731. The van der Waals surface area contributed by atoms with E-state index in [2.05, 4.69) is 15.4 Å². The number of ether oxygens (including phenoxy) is 1. The van der Waals surface area contributed by atoms with Gasteiger partial charge in [-0.25, -0.2) is 0 Å². The van der Waals surface area contributed by atoms with Gasteiger partial charge in [-0.2, -0.15) is 0 Å². The van der Waals surface area contributed by atoms with Crippen molar-refractivity contribution < 1.29 is 27.5 Å². The van der Waals surface area contributed by atoms with Crippen LogP contribution in [0.4, 0.5) is 18.9 Å². The molecule has 2 N–H and O–H groups in total. The lowest BCUT2D eigenvalue weighted by Crippen LogP contribution is -2.41. The Balaban J connectivity index is 1.91. The second-order valence-corrected chi connectivity index (χ2v) is 5.12. The van der Waals surface area contributed by atoms with Crippen molar-refractivity contribution in [3.63, 3.8) is 0 Å². The molecule has 132 valence electrons. The van der Waals surface area contributed by atoms with Crippen LogP contribution in [-0.2, 0) is 4.79 Å². The Hall–Kier alpha value is -3.03. The van der Waals surface area contributed by atoms with E-state index < -0.39 is 30.0 Å². The largest absolute Gasteiger partial charge is 0.573 e. The number of amides is 2. The maximum absolute atomic E-state index is 12.1. The summed E-state index contributed by atoms with van der Waals surface area (Å²) >= 11 is 0. The topological polar surface area (TPSA) is 67.4 Å². The Morgan fingerprint density at radius 3 is 2.16 bits per heavy atom. The number of rotatable bonds is 5. The quantitative estimate of drug-likeness (QED) is 0.867. The van der Waals surface area contributed by atoms with Crippen LogP contribution in [0.1, 0.15) is 17.3 Å². The molecule has 0 aromatic heterocycles. The number of anilines is 1. The highest BCUT2D eigenvalue weighted by Gasteiger charge is 2.31. The fraction of sp³-hybridized carbons (Fsp3) is 0.176. The van der Waals surface area contributed by atoms with Crippen molar-refractivity contribution in [1.29, 1.82) is 0 Å². The molecule has 0 saturated heterocycles. The molecule has 1 atom stereocenters. The summed E-state index contributed by atoms with van der Waals surface area (Å²) in [4.78, 5) is 24.0. The molecule has 2 amide bonds. The standard InChI is InChI=1S/C17H15F3N2O3/c1-11(21-16(24)12-5-3-2-4-6-12)15(23)22-13-7-9-14(10-8-13)25-17(18,19)20/h2-11H,1H3,(H,21,24)(H,22,23). The Labute approximate surface area is 141 Å². The molecular formula is C17H15F3N2O3. The Kier molecular flexibility index (Phi) is 5.63. The van der Waals surface area contributed by atoms with Crippen LogP contribution in [0.2, 0.25) is 0 Å². The minimum Gasteiger partial charge on any atom is -0.406 e. The van der Waals surface area contributed by atoms with E-state index in [0.29, 0.717) is 5.56 Å². The van der Waals surface area contributed by atoms with Gasteiger partial charge in [0.2, 0.25) is 5.91 Å². The summed E-state index contributed by atoms with van der Waals surface area (Å²) in [6.45, 7) is 1.50. The summed E-state index contributed by atoms with van der Waals surface area (Å²) in [5, 5.41) is 5.03. The van der Waals surface area contributed by atoms with Gasteiger partial charge < -0.3 is 15.4 Å². The zero-order valence-corrected chi connectivity index (χ0v) is 13.1. The molecule has 25 heavy (non-hydrogen) atoms. The van der Waals surface area contributed by atoms with E-state index in [-0.39, 0.29) is 5.69 Å². The van der Waals surface area contributed by atoms with Crippen LogP contribution in [0, 0.1) is 0 Å². The minimum absolute atomic E-state index is 0.278. The minimum atomic E-state index is -4.78. The van der Waals surface area contributed by atoms with E-state index in [1.54, 1.807) is 30.3 Å². The molecule has 0 spiro atoms. The fourth-order valence-corrected chi connectivity index (χ4v) is 1.93. The smallest absolute Gasteiger partial charge is 0.406 e. The molecule has 0 aliphatic rings. The molecule has 2 aromatic rings. The fourth-order valence-electron chi connectivity index (χ4n) is 1.93. The Morgan fingerprint density at radius 1 is 1.00 bits per heavy atom. The number of nitrogens with one attached hydrogen (secondary N) is 2. The third-order valence-corrected chi connectivity index (χ3v) is 3.13. The van der Waals surface area contributed by atoms with Gasteiger partial charge in [-0.3, -0.25) is 9.59 Å². The van der Waals surface area contributed by atoms with Crippen LogP contribution in [0.15, 0.2) is 54.6 Å². The number of carbonyl (C=O) groups is 2. The third-order valence-electron chi connectivity index (χ3n) is 3.13. The lowest BCUT2D eigenvalue weighted by molar-refractivity contribution is -0.274. The van der Waals surface area contributed by atoms with E-state index >= 15 is 0 Å².